The summed E-state index contributed by atoms with van der Waals surface area (Å²) in [5.74, 6) is -2.69. The molecule has 10 nitrogen and oxygen atoms in total. The Morgan fingerprint density at radius 2 is 1.83 bits per heavy atom. The minimum Gasteiger partial charge on any atom is -0.460 e. The zero-order chi connectivity index (χ0) is 22.0. The fourth-order valence-electron chi connectivity index (χ4n) is 7.80. The maximum Gasteiger partial charge on any atom is 0.338 e. The van der Waals surface area contributed by atoms with Gasteiger partial charge in [0.05, 0.1) is 36.9 Å². The van der Waals surface area contributed by atoms with E-state index in [1.165, 1.54) is 6.08 Å². The van der Waals surface area contributed by atoms with Gasteiger partial charge in [0, 0.05) is 11.3 Å². The number of hydrogen-bond donors (Lipinski definition) is 7. The smallest absolute Gasteiger partial charge is 0.338 e. The van der Waals surface area contributed by atoms with Crippen molar-refractivity contribution in [1.82, 2.24) is 0 Å². The molecule has 5 rings (SSSR count). The summed E-state index contributed by atoms with van der Waals surface area (Å²) in [5.41, 5.74) is -6.86. The summed E-state index contributed by atoms with van der Waals surface area (Å²) in [6.45, 7) is 2.13. The second-order valence-electron chi connectivity index (χ2n) is 9.88. The fraction of sp³-hybridized carbons (Fsp3) is 0.850. The van der Waals surface area contributed by atoms with Crippen molar-refractivity contribution in [3.05, 3.63) is 11.6 Å². The van der Waals surface area contributed by atoms with Gasteiger partial charge >= 0.3 is 5.97 Å². The van der Waals surface area contributed by atoms with Crippen LogP contribution in [0.4, 0.5) is 0 Å². The Bertz CT molecular complexity index is 830. The van der Waals surface area contributed by atoms with Crippen LogP contribution in [0.2, 0.25) is 0 Å². The van der Waals surface area contributed by atoms with Crippen LogP contribution >= 0.6 is 0 Å². The van der Waals surface area contributed by atoms with Crippen molar-refractivity contribution in [3.8, 4) is 0 Å². The number of fused-ring (bicyclic) bond motifs is 2. The number of carbonyl (C=O) groups is 1. The molecule has 4 fully saturated rings. The van der Waals surface area contributed by atoms with Crippen LogP contribution in [0.3, 0.4) is 0 Å². The van der Waals surface area contributed by atoms with E-state index in [2.05, 4.69) is 0 Å². The summed E-state index contributed by atoms with van der Waals surface area (Å²) in [4.78, 5) is 12.5. The second-order valence-corrected chi connectivity index (χ2v) is 9.88. The highest BCUT2D eigenvalue weighted by Crippen LogP contribution is 2.73. The van der Waals surface area contributed by atoms with Crippen molar-refractivity contribution in [2.24, 2.45) is 22.7 Å². The van der Waals surface area contributed by atoms with Crippen molar-refractivity contribution < 1.29 is 50.0 Å². The summed E-state index contributed by atoms with van der Waals surface area (Å²) in [5, 5.41) is 76.7. The van der Waals surface area contributed by atoms with Crippen LogP contribution < -0.4 is 0 Å². The molecule has 2 saturated heterocycles. The van der Waals surface area contributed by atoms with E-state index in [9.17, 15) is 40.5 Å². The predicted molar refractivity (Wildman–Crippen MR) is 96.5 cm³/mol. The maximum atomic E-state index is 12.5. The first-order valence-corrected chi connectivity index (χ1v) is 10.2. The molecule has 0 aromatic heterocycles. The van der Waals surface area contributed by atoms with Crippen LogP contribution in [0.1, 0.15) is 20.3 Å². The number of hydrogen-bond acceptors (Lipinski definition) is 10. The number of rotatable bonds is 1. The lowest BCUT2D eigenvalue weighted by Crippen LogP contribution is -2.87. The highest BCUT2D eigenvalue weighted by Gasteiger charge is 2.89. The van der Waals surface area contributed by atoms with Crippen molar-refractivity contribution in [3.63, 3.8) is 0 Å². The predicted octanol–water partition coefficient (Wildman–Crippen LogP) is -3.19. The molecule has 10 heteroatoms. The topological polar surface area (TPSA) is 177 Å². The summed E-state index contributed by atoms with van der Waals surface area (Å²) >= 11 is 0. The molecular formula is C20H28O10. The average Bonchev–Trinajstić information content (AvgIpc) is 2.91. The molecule has 0 amide bonds. The fourth-order valence-corrected chi connectivity index (χ4v) is 7.80. The van der Waals surface area contributed by atoms with Crippen LogP contribution in [-0.4, -0.2) is 103 Å². The quantitative estimate of drug-likeness (QED) is 0.166. The van der Waals surface area contributed by atoms with E-state index in [0.29, 0.717) is 0 Å². The Balaban J connectivity index is 1.82. The molecule has 12 atom stereocenters. The van der Waals surface area contributed by atoms with Gasteiger partial charge in [-0.05, 0) is 19.3 Å². The summed E-state index contributed by atoms with van der Waals surface area (Å²) < 4.78 is 11.3. The van der Waals surface area contributed by atoms with Crippen molar-refractivity contribution in [1.29, 1.82) is 0 Å². The third kappa shape index (κ3) is 1.77. The average molecular weight is 428 g/mol. The van der Waals surface area contributed by atoms with E-state index in [1.54, 1.807) is 13.8 Å². The molecule has 2 saturated carbocycles. The minimum absolute atomic E-state index is 0.146. The van der Waals surface area contributed by atoms with E-state index >= 15 is 0 Å². The molecule has 168 valence electrons. The number of aliphatic hydroxyl groups excluding tert-OH is 6. The molecule has 0 aromatic carbocycles. The van der Waals surface area contributed by atoms with Gasteiger partial charge in [-0.1, -0.05) is 18.6 Å². The van der Waals surface area contributed by atoms with Crippen LogP contribution in [0, 0.1) is 22.7 Å². The Kier molecular flexibility index (Phi) is 4.03. The Hall–Kier alpha value is -1.11. The normalized spacial score (nSPS) is 61.6. The highest BCUT2D eigenvalue weighted by molar-refractivity contribution is 5.79. The van der Waals surface area contributed by atoms with Gasteiger partial charge in [-0.25, -0.2) is 4.79 Å². The third-order valence-corrected chi connectivity index (χ3v) is 9.12. The first kappa shape index (κ1) is 20.8. The van der Waals surface area contributed by atoms with E-state index in [4.69, 9.17) is 9.47 Å². The first-order chi connectivity index (χ1) is 13.9. The van der Waals surface area contributed by atoms with Gasteiger partial charge in [-0.15, -0.1) is 0 Å². The Labute approximate surface area is 172 Å². The van der Waals surface area contributed by atoms with Gasteiger partial charge in [0.15, 0.2) is 11.7 Å². The molecule has 0 radical (unpaired) electrons. The maximum absolute atomic E-state index is 12.5. The van der Waals surface area contributed by atoms with Gasteiger partial charge < -0.3 is 45.2 Å². The van der Waals surface area contributed by atoms with E-state index in [1.807, 2.05) is 0 Å². The molecule has 30 heavy (non-hydrogen) atoms. The molecule has 3 aliphatic carbocycles. The molecule has 0 aromatic rings. The number of aliphatic hydroxyl groups is 7. The lowest BCUT2D eigenvalue weighted by atomic mass is 9.36. The number of esters is 1. The van der Waals surface area contributed by atoms with Gasteiger partial charge in [0.2, 0.25) is 0 Å². The number of carbonyl (C=O) groups excluding carboxylic acids is 1. The van der Waals surface area contributed by atoms with Crippen LogP contribution in [0.25, 0.3) is 0 Å². The standard InChI is InChI=1S/C20H28O10/c1-7-3-9(22)13(24)17(2)8(7)4-10-18-6-29-19(5-21,14(25)11(23)12(17)18)20(18,28)15(26)16(27)30-10/h3,8-15,21-26,28H,4-6H2,1-2H3/t8-,9-,10+,11+,12+,13+,14-,15-,17-,18+,19?,20-/m0/s1. The largest absolute Gasteiger partial charge is 0.460 e. The Morgan fingerprint density at radius 3 is 2.47 bits per heavy atom. The van der Waals surface area contributed by atoms with E-state index < -0.39 is 83.1 Å². The zero-order valence-electron chi connectivity index (χ0n) is 16.7. The van der Waals surface area contributed by atoms with Gasteiger partial charge in [-0.2, -0.15) is 0 Å². The SMILES string of the molecule is CC1=C[C@H](O)[C@@H](O)[C@]2(C)[C@H]3[C@@H](O)[C@H](O)C4(CO)OC[C@@]35[C@@H](C[C@@H]12)OC(=O)[C@H](O)[C@@]45O. The van der Waals surface area contributed by atoms with Crippen LogP contribution in [0.15, 0.2) is 11.6 Å². The molecule has 1 spiro atoms. The lowest BCUT2D eigenvalue weighted by Gasteiger charge is -2.71. The number of ether oxygens (including phenoxy) is 2. The summed E-state index contributed by atoms with van der Waals surface area (Å²) in [6.07, 6.45) is -7.59. The van der Waals surface area contributed by atoms with Crippen LogP contribution in [0.5, 0.6) is 0 Å². The van der Waals surface area contributed by atoms with Gasteiger partial charge in [-0.3, -0.25) is 0 Å². The van der Waals surface area contributed by atoms with Gasteiger partial charge in [0.25, 0.3) is 0 Å². The Morgan fingerprint density at radius 1 is 1.17 bits per heavy atom. The molecule has 2 bridgehead atoms. The zero-order valence-corrected chi connectivity index (χ0v) is 16.7. The third-order valence-electron chi connectivity index (χ3n) is 9.12. The molecule has 2 aliphatic heterocycles. The first-order valence-electron chi connectivity index (χ1n) is 10.2. The monoisotopic (exact) mass is 428 g/mol. The molecule has 1 unspecified atom stereocenters. The molecule has 7 N–H and O–H groups in total. The molecular weight excluding hydrogens is 400 g/mol. The second kappa shape index (κ2) is 5.81. The minimum atomic E-state index is -2.48. The van der Waals surface area contributed by atoms with E-state index in [0.717, 1.165) is 5.57 Å². The number of allylic oxidation sites excluding steroid dienone is 1. The lowest BCUT2D eigenvalue weighted by molar-refractivity contribution is -0.361. The highest BCUT2D eigenvalue weighted by atomic mass is 16.6. The molecule has 5 aliphatic rings. The van der Waals surface area contributed by atoms with Crippen molar-refractivity contribution >= 4 is 5.97 Å². The van der Waals surface area contributed by atoms with Crippen molar-refractivity contribution in [2.75, 3.05) is 13.2 Å². The summed E-state index contributed by atoms with van der Waals surface area (Å²) in [7, 11) is 0. The van der Waals surface area contributed by atoms with Crippen LogP contribution in [-0.2, 0) is 14.3 Å². The van der Waals surface area contributed by atoms with Gasteiger partial charge in [0.1, 0.15) is 17.8 Å². The van der Waals surface area contributed by atoms with E-state index in [-0.39, 0.29) is 13.0 Å². The molecule has 2 heterocycles. The van der Waals surface area contributed by atoms with Crippen molar-refractivity contribution in [2.45, 2.75) is 68.1 Å². The summed E-state index contributed by atoms with van der Waals surface area (Å²) in [6, 6.07) is 0.